The van der Waals surface area contributed by atoms with Crippen LogP contribution in [-0.2, 0) is 9.53 Å². The lowest BCUT2D eigenvalue weighted by Crippen LogP contribution is -2.33. The van der Waals surface area contributed by atoms with Crippen molar-refractivity contribution < 1.29 is 9.53 Å². The van der Waals surface area contributed by atoms with Gasteiger partial charge < -0.3 is 21.5 Å². The summed E-state index contributed by atoms with van der Waals surface area (Å²) in [5.41, 5.74) is 12.2. The van der Waals surface area contributed by atoms with E-state index in [0.29, 0.717) is 53.4 Å². The van der Waals surface area contributed by atoms with Gasteiger partial charge in [-0.15, -0.1) is 0 Å². The van der Waals surface area contributed by atoms with Gasteiger partial charge in [0.2, 0.25) is 5.91 Å². The number of nitrogens with one attached hydrogen (secondary N) is 1. The Labute approximate surface area is 167 Å². The molecular weight excluding hydrogens is 391 g/mol. The number of primary amides is 1. The fourth-order valence-electron chi connectivity index (χ4n) is 2.30. The van der Waals surface area contributed by atoms with Gasteiger partial charge in [0.05, 0.1) is 36.0 Å². The lowest BCUT2D eigenvalue weighted by Gasteiger charge is -2.14. The zero-order valence-electron chi connectivity index (χ0n) is 14.9. The van der Waals surface area contributed by atoms with Gasteiger partial charge in [-0.3, -0.25) is 9.69 Å². The molecule has 0 atom stereocenters. The Balaban J connectivity index is 1.81. The molecule has 0 saturated carbocycles. The van der Waals surface area contributed by atoms with Crippen molar-refractivity contribution in [1.82, 2.24) is 14.9 Å². The molecule has 0 spiro atoms. The summed E-state index contributed by atoms with van der Waals surface area (Å²) in [6, 6.07) is 5.25. The van der Waals surface area contributed by atoms with Crippen LogP contribution in [0.5, 0.6) is 0 Å². The third-order valence-corrected chi connectivity index (χ3v) is 4.42. The maximum Gasteiger partial charge on any atom is 0.231 e. The summed E-state index contributed by atoms with van der Waals surface area (Å²) in [6.07, 6.45) is 1.57. The van der Waals surface area contributed by atoms with E-state index in [1.807, 2.05) is 0 Å². The summed E-state index contributed by atoms with van der Waals surface area (Å²) in [6.45, 7) is 2.31. The van der Waals surface area contributed by atoms with Gasteiger partial charge in [-0.05, 0) is 13.1 Å². The van der Waals surface area contributed by atoms with Crippen LogP contribution in [0.1, 0.15) is 0 Å². The van der Waals surface area contributed by atoms with Gasteiger partial charge in [-0.25, -0.2) is 9.97 Å². The standard InChI is InChI=1S/C17H22Cl2N6O2/c1-25(10-13(20)26)6-8-27-7-5-22-14-9-23-16(17(21)24-14)11-3-2-4-12(18)15(11)19/h2-4,9H,5-8,10H2,1H3,(H2,20,26)(H3,21,22,24). The molecule has 146 valence electrons. The Bertz CT molecular complexity index is 790. The van der Waals surface area contributed by atoms with E-state index in [9.17, 15) is 4.79 Å². The van der Waals surface area contributed by atoms with Crippen LogP contribution in [0.4, 0.5) is 11.6 Å². The van der Waals surface area contributed by atoms with E-state index in [2.05, 4.69) is 15.3 Å². The lowest BCUT2D eigenvalue weighted by molar-refractivity contribution is -0.119. The van der Waals surface area contributed by atoms with Crippen LogP contribution in [0.3, 0.4) is 0 Å². The molecule has 0 aliphatic heterocycles. The Kier molecular flexibility index (Phi) is 8.05. The number of nitrogens with zero attached hydrogens (tertiary/aromatic N) is 3. The van der Waals surface area contributed by atoms with Gasteiger partial charge in [-0.1, -0.05) is 35.3 Å². The summed E-state index contributed by atoms with van der Waals surface area (Å²) in [4.78, 5) is 21.2. The minimum Gasteiger partial charge on any atom is -0.382 e. The number of aromatic nitrogens is 2. The van der Waals surface area contributed by atoms with Gasteiger partial charge >= 0.3 is 0 Å². The predicted molar refractivity (Wildman–Crippen MR) is 108 cm³/mol. The van der Waals surface area contributed by atoms with Crippen molar-refractivity contribution in [2.24, 2.45) is 5.73 Å². The van der Waals surface area contributed by atoms with Crippen LogP contribution in [-0.4, -0.2) is 60.7 Å². The van der Waals surface area contributed by atoms with E-state index < -0.39 is 0 Å². The molecule has 1 amide bonds. The number of nitrogen functional groups attached to an aromatic ring is 1. The average Bonchev–Trinajstić information content (AvgIpc) is 2.60. The van der Waals surface area contributed by atoms with Crippen molar-refractivity contribution in [3.8, 4) is 11.3 Å². The van der Waals surface area contributed by atoms with E-state index in [1.54, 1.807) is 36.3 Å². The van der Waals surface area contributed by atoms with Gasteiger partial charge in [0, 0.05) is 18.7 Å². The SMILES string of the molecule is CN(CCOCCNc1cnc(-c2cccc(Cl)c2Cl)c(N)n1)CC(N)=O. The molecular formula is C17H22Cl2N6O2. The highest BCUT2D eigenvalue weighted by Crippen LogP contribution is 2.34. The largest absolute Gasteiger partial charge is 0.382 e. The number of ether oxygens (including phenoxy) is 1. The third-order valence-electron chi connectivity index (χ3n) is 3.60. The number of hydrogen-bond acceptors (Lipinski definition) is 7. The van der Waals surface area contributed by atoms with Gasteiger partial charge in [-0.2, -0.15) is 0 Å². The van der Waals surface area contributed by atoms with Crippen LogP contribution in [0.2, 0.25) is 10.0 Å². The molecule has 0 saturated heterocycles. The molecule has 2 aromatic rings. The molecule has 27 heavy (non-hydrogen) atoms. The van der Waals surface area contributed by atoms with Crippen molar-refractivity contribution in [3.63, 3.8) is 0 Å². The summed E-state index contributed by atoms with van der Waals surface area (Å²) >= 11 is 12.2. The highest BCUT2D eigenvalue weighted by atomic mass is 35.5. The fraction of sp³-hybridized carbons (Fsp3) is 0.353. The number of hydrogen-bond donors (Lipinski definition) is 3. The topological polar surface area (TPSA) is 119 Å². The maximum atomic E-state index is 10.8. The zero-order valence-corrected chi connectivity index (χ0v) is 16.4. The Hall–Kier alpha value is -2.13. The zero-order chi connectivity index (χ0) is 19.8. The molecule has 1 aromatic heterocycles. The van der Waals surface area contributed by atoms with E-state index in [4.69, 9.17) is 39.4 Å². The first-order valence-corrected chi connectivity index (χ1v) is 8.99. The van der Waals surface area contributed by atoms with Crippen LogP contribution in [0, 0.1) is 0 Å². The Morgan fingerprint density at radius 1 is 1.33 bits per heavy atom. The first kappa shape index (κ1) is 21.2. The van der Waals surface area contributed by atoms with Crippen LogP contribution >= 0.6 is 23.2 Å². The summed E-state index contributed by atoms with van der Waals surface area (Å²) in [7, 11) is 1.80. The molecule has 8 nitrogen and oxygen atoms in total. The molecule has 1 aromatic carbocycles. The number of halogens is 2. The monoisotopic (exact) mass is 412 g/mol. The predicted octanol–water partition coefficient (Wildman–Crippen LogP) is 1.88. The first-order chi connectivity index (χ1) is 12.9. The number of carbonyl (C=O) groups is 1. The summed E-state index contributed by atoms with van der Waals surface area (Å²) < 4.78 is 5.49. The van der Waals surface area contributed by atoms with E-state index >= 15 is 0 Å². The number of carbonyl (C=O) groups excluding carboxylic acids is 1. The highest BCUT2D eigenvalue weighted by molar-refractivity contribution is 6.43. The van der Waals surface area contributed by atoms with Crippen LogP contribution < -0.4 is 16.8 Å². The molecule has 0 bridgehead atoms. The Morgan fingerprint density at radius 3 is 2.81 bits per heavy atom. The molecule has 0 radical (unpaired) electrons. The minimum absolute atomic E-state index is 0.208. The number of nitrogens with two attached hydrogens (primary N) is 2. The molecule has 1 heterocycles. The van der Waals surface area contributed by atoms with Gasteiger partial charge in [0.15, 0.2) is 5.82 Å². The second-order valence-corrected chi connectivity index (χ2v) is 6.62. The molecule has 2 rings (SSSR count). The van der Waals surface area contributed by atoms with Crippen molar-refractivity contribution in [1.29, 1.82) is 0 Å². The second-order valence-electron chi connectivity index (χ2n) is 5.83. The third kappa shape index (κ3) is 6.51. The smallest absolute Gasteiger partial charge is 0.231 e. The number of anilines is 2. The van der Waals surface area contributed by atoms with Crippen molar-refractivity contribution in [3.05, 3.63) is 34.4 Å². The maximum absolute atomic E-state index is 10.8. The van der Waals surface area contributed by atoms with Crippen molar-refractivity contribution in [2.45, 2.75) is 0 Å². The molecule has 10 heteroatoms. The van der Waals surface area contributed by atoms with Gasteiger partial charge in [0.1, 0.15) is 11.5 Å². The summed E-state index contributed by atoms with van der Waals surface area (Å²) in [5.74, 6) is 0.417. The molecule has 0 aliphatic rings. The molecule has 0 unspecified atom stereocenters. The average molecular weight is 413 g/mol. The lowest BCUT2D eigenvalue weighted by atomic mass is 10.1. The van der Waals surface area contributed by atoms with E-state index in [0.717, 1.165) is 0 Å². The number of benzene rings is 1. The highest BCUT2D eigenvalue weighted by Gasteiger charge is 2.12. The van der Waals surface area contributed by atoms with Crippen LogP contribution in [0.25, 0.3) is 11.3 Å². The Morgan fingerprint density at radius 2 is 2.11 bits per heavy atom. The minimum atomic E-state index is -0.363. The molecule has 5 N–H and O–H groups in total. The van der Waals surface area contributed by atoms with Crippen molar-refractivity contribution >= 4 is 40.7 Å². The summed E-state index contributed by atoms with van der Waals surface area (Å²) in [5, 5.41) is 3.90. The quantitative estimate of drug-likeness (QED) is 0.509. The second kappa shape index (κ2) is 10.3. The van der Waals surface area contributed by atoms with E-state index in [1.165, 1.54) is 0 Å². The normalized spacial score (nSPS) is 11.0. The number of amides is 1. The fourth-order valence-corrected chi connectivity index (χ4v) is 2.69. The first-order valence-electron chi connectivity index (χ1n) is 8.24. The molecule has 0 aliphatic carbocycles. The molecule has 0 fully saturated rings. The van der Waals surface area contributed by atoms with E-state index in [-0.39, 0.29) is 18.3 Å². The van der Waals surface area contributed by atoms with Crippen LogP contribution in [0.15, 0.2) is 24.4 Å². The number of rotatable bonds is 10. The number of likely N-dealkylation sites (N-methyl/N-ethyl adjacent to an activating group) is 1. The van der Waals surface area contributed by atoms with Crippen molar-refractivity contribution in [2.75, 3.05) is 50.9 Å². The van der Waals surface area contributed by atoms with Gasteiger partial charge in [0.25, 0.3) is 0 Å².